The van der Waals surface area contributed by atoms with Gasteiger partial charge in [-0.3, -0.25) is 0 Å². The van der Waals surface area contributed by atoms with E-state index in [4.69, 9.17) is 9.47 Å². The Morgan fingerprint density at radius 1 is 1.29 bits per heavy atom. The monoisotopic (exact) mass is 241 g/mol. The summed E-state index contributed by atoms with van der Waals surface area (Å²) in [4.78, 5) is 0. The molecule has 0 fully saturated rings. The number of rotatable bonds is 5. The van der Waals surface area contributed by atoms with Crippen molar-refractivity contribution >= 4 is 0 Å². The van der Waals surface area contributed by atoms with E-state index < -0.39 is 5.60 Å². The molecule has 1 unspecified atom stereocenters. The Bertz CT molecular complexity index is 380. The fourth-order valence-electron chi connectivity index (χ4n) is 1.86. The van der Waals surface area contributed by atoms with Crippen LogP contribution in [0, 0.1) is 5.82 Å². The molecule has 1 rings (SSSR count). The summed E-state index contributed by atoms with van der Waals surface area (Å²) in [5, 5.41) is 3.08. The first-order valence-corrected chi connectivity index (χ1v) is 5.52. The van der Waals surface area contributed by atoms with Gasteiger partial charge in [0, 0.05) is 18.7 Å². The van der Waals surface area contributed by atoms with E-state index in [1.165, 1.54) is 13.2 Å². The third kappa shape index (κ3) is 2.96. The first kappa shape index (κ1) is 13.9. The Balaban J connectivity index is 3.13. The second kappa shape index (κ2) is 5.47. The van der Waals surface area contributed by atoms with Gasteiger partial charge in [0.1, 0.15) is 11.6 Å². The van der Waals surface area contributed by atoms with Gasteiger partial charge in [0.05, 0.1) is 18.8 Å². The Hall–Kier alpha value is -1.13. The van der Waals surface area contributed by atoms with Gasteiger partial charge < -0.3 is 14.8 Å². The minimum atomic E-state index is -0.496. The van der Waals surface area contributed by atoms with Crippen LogP contribution in [-0.4, -0.2) is 26.9 Å². The molecule has 0 heterocycles. The van der Waals surface area contributed by atoms with Gasteiger partial charge in [-0.1, -0.05) is 6.07 Å². The average Bonchev–Trinajstić information content (AvgIpc) is 2.31. The minimum absolute atomic E-state index is 0.224. The van der Waals surface area contributed by atoms with Crippen LogP contribution >= 0.6 is 0 Å². The van der Waals surface area contributed by atoms with E-state index >= 15 is 0 Å². The topological polar surface area (TPSA) is 30.5 Å². The quantitative estimate of drug-likeness (QED) is 0.859. The zero-order chi connectivity index (χ0) is 13.1. The number of halogens is 1. The summed E-state index contributed by atoms with van der Waals surface area (Å²) in [6.45, 7) is 3.83. The Labute approximate surface area is 102 Å². The van der Waals surface area contributed by atoms with Crippen molar-refractivity contribution in [1.82, 2.24) is 5.32 Å². The maximum absolute atomic E-state index is 14.0. The zero-order valence-electron chi connectivity index (χ0n) is 11.0. The predicted octanol–water partition coefficient (Wildman–Crippen LogP) is 2.52. The summed E-state index contributed by atoms with van der Waals surface area (Å²) in [6, 6.07) is 4.62. The molecule has 0 bridgehead atoms. The van der Waals surface area contributed by atoms with Crippen LogP contribution in [0.2, 0.25) is 0 Å². The smallest absolute Gasteiger partial charge is 0.131 e. The highest BCUT2D eigenvalue weighted by molar-refractivity contribution is 5.32. The molecule has 17 heavy (non-hydrogen) atoms. The summed E-state index contributed by atoms with van der Waals surface area (Å²) in [5.41, 5.74) is 0.0737. The lowest BCUT2D eigenvalue weighted by Gasteiger charge is -2.33. The van der Waals surface area contributed by atoms with Gasteiger partial charge in [0.25, 0.3) is 0 Å². The molecule has 0 spiro atoms. The molecule has 0 aromatic heterocycles. The van der Waals surface area contributed by atoms with Gasteiger partial charge in [-0.2, -0.15) is 0 Å². The second-order valence-electron chi connectivity index (χ2n) is 4.42. The second-order valence-corrected chi connectivity index (χ2v) is 4.42. The highest BCUT2D eigenvalue weighted by atomic mass is 19.1. The van der Waals surface area contributed by atoms with E-state index in [-0.39, 0.29) is 11.9 Å². The van der Waals surface area contributed by atoms with Gasteiger partial charge in [-0.15, -0.1) is 0 Å². The number of hydrogen-bond acceptors (Lipinski definition) is 3. The molecule has 0 aliphatic heterocycles. The molecule has 3 nitrogen and oxygen atoms in total. The first-order chi connectivity index (χ1) is 7.96. The van der Waals surface area contributed by atoms with Gasteiger partial charge in [0.15, 0.2) is 0 Å². The molecule has 96 valence electrons. The van der Waals surface area contributed by atoms with Crippen molar-refractivity contribution in [3.8, 4) is 5.75 Å². The lowest BCUT2D eigenvalue weighted by atomic mass is 9.91. The van der Waals surface area contributed by atoms with E-state index in [1.807, 2.05) is 13.8 Å². The van der Waals surface area contributed by atoms with Crippen LogP contribution in [0.5, 0.6) is 5.75 Å². The molecule has 1 N–H and O–H groups in total. The Morgan fingerprint density at radius 2 is 1.94 bits per heavy atom. The van der Waals surface area contributed by atoms with Crippen molar-refractivity contribution < 1.29 is 13.9 Å². The van der Waals surface area contributed by atoms with E-state index in [0.717, 1.165) is 0 Å². The predicted molar refractivity (Wildman–Crippen MR) is 65.8 cm³/mol. The van der Waals surface area contributed by atoms with Crippen molar-refractivity contribution in [2.24, 2.45) is 0 Å². The zero-order valence-corrected chi connectivity index (χ0v) is 11.0. The van der Waals surface area contributed by atoms with Crippen LogP contribution in [0.4, 0.5) is 4.39 Å². The maximum Gasteiger partial charge on any atom is 0.131 e. The number of nitrogens with one attached hydrogen (secondary N) is 1. The Kier molecular flexibility index (Phi) is 4.48. The SMILES string of the molecule is CNC(c1ccc(OC)cc1F)C(C)(C)OC. The van der Waals surface area contributed by atoms with E-state index in [9.17, 15) is 4.39 Å². The molecule has 1 atom stereocenters. The van der Waals surface area contributed by atoms with Gasteiger partial charge in [-0.05, 0) is 27.0 Å². The molecule has 0 amide bonds. The number of hydrogen-bond donors (Lipinski definition) is 1. The number of ether oxygens (including phenoxy) is 2. The minimum Gasteiger partial charge on any atom is -0.497 e. The summed E-state index contributed by atoms with van der Waals surface area (Å²) >= 11 is 0. The summed E-state index contributed by atoms with van der Waals surface area (Å²) in [6.07, 6.45) is 0. The normalized spacial score (nSPS) is 13.5. The first-order valence-electron chi connectivity index (χ1n) is 5.52. The molecule has 0 aliphatic rings. The van der Waals surface area contributed by atoms with Crippen LogP contribution in [-0.2, 0) is 4.74 Å². The standard InChI is InChI=1S/C13H20FNO2/c1-13(2,17-5)12(15-3)10-7-6-9(16-4)8-11(10)14/h6-8,12,15H,1-5H3. The fraction of sp³-hybridized carbons (Fsp3) is 0.538. The molecule has 0 saturated carbocycles. The summed E-state index contributed by atoms with van der Waals surface area (Å²) in [5.74, 6) is 0.213. The molecule has 1 aromatic carbocycles. The van der Waals surface area contributed by atoms with Crippen molar-refractivity contribution in [3.63, 3.8) is 0 Å². The van der Waals surface area contributed by atoms with Crippen LogP contribution in [0.3, 0.4) is 0 Å². The molecule has 4 heteroatoms. The average molecular weight is 241 g/mol. The highest BCUT2D eigenvalue weighted by Gasteiger charge is 2.31. The molecule has 0 saturated heterocycles. The molecule has 1 aromatic rings. The van der Waals surface area contributed by atoms with Crippen molar-refractivity contribution in [2.75, 3.05) is 21.3 Å². The van der Waals surface area contributed by atoms with E-state index in [2.05, 4.69) is 5.32 Å². The van der Waals surface area contributed by atoms with Crippen LogP contribution < -0.4 is 10.1 Å². The largest absolute Gasteiger partial charge is 0.497 e. The third-order valence-electron chi connectivity index (χ3n) is 3.03. The molecule has 0 aliphatic carbocycles. The molecular weight excluding hydrogens is 221 g/mol. The maximum atomic E-state index is 14.0. The van der Waals surface area contributed by atoms with Crippen molar-refractivity contribution in [1.29, 1.82) is 0 Å². The van der Waals surface area contributed by atoms with Crippen molar-refractivity contribution in [2.45, 2.75) is 25.5 Å². The molecular formula is C13H20FNO2. The Morgan fingerprint density at radius 3 is 2.35 bits per heavy atom. The van der Waals surface area contributed by atoms with Crippen molar-refractivity contribution in [3.05, 3.63) is 29.6 Å². The van der Waals surface area contributed by atoms with E-state index in [1.54, 1.807) is 26.3 Å². The lowest BCUT2D eigenvalue weighted by Crippen LogP contribution is -2.39. The van der Waals surface area contributed by atoms with Crippen LogP contribution in [0.1, 0.15) is 25.5 Å². The number of benzene rings is 1. The summed E-state index contributed by atoms with van der Waals surface area (Å²) in [7, 11) is 4.92. The van der Waals surface area contributed by atoms with Crippen LogP contribution in [0.25, 0.3) is 0 Å². The van der Waals surface area contributed by atoms with Crippen LogP contribution in [0.15, 0.2) is 18.2 Å². The number of likely N-dealkylation sites (N-methyl/N-ethyl adjacent to an activating group) is 1. The summed E-state index contributed by atoms with van der Waals surface area (Å²) < 4.78 is 24.3. The highest BCUT2D eigenvalue weighted by Crippen LogP contribution is 2.31. The third-order valence-corrected chi connectivity index (χ3v) is 3.03. The van der Waals surface area contributed by atoms with Gasteiger partial charge >= 0.3 is 0 Å². The molecule has 0 radical (unpaired) electrons. The fourth-order valence-corrected chi connectivity index (χ4v) is 1.86. The van der Waals surface area contributed by atoms with Gasteiger partial charge in [0.2, 0.25) is 0 Å². The van der Waals surface area contributed by atoms with Gasteiger partial charge in [-0.25, -0.2) is 4.39 Å². The lowest BCUT2D eigenvalue weighted by molar-refractivity contribution is -0.00993. The number of methoxy groups -OCH3 is 2. The van der Waals surface area contributed by atoms with E-state index in [0.29, 0.717) is 11.3 Å².